The van der Waals surface area contributed by atoms with Gasteiger partial charge in [0.05, 0.1) is 10.9 Å². The molecule has 7 nitrogen and oxygen atoms in total. The third kappa shape index (κ3) is 3.61. The van der Waals surface area contributed by atoms with Gasteiger partial charge in [-0.2, -0.15) is 10.1 Å². The monoisotopic (exact) mass is 447 g/mol. The zero-order valence-corrected chi connectivity index (χ0v) is 17.2. The highest BCUT2D eigenvalue weighted by molar-refractivity contribution is 6.30. The summed E-state index contributed by atoms with van der Waals surface area (Å²) in [6.07, 6.45) is 0. The van der Waals surface area contributed by atoms with Crippen molar-refractivity contribution in [3.8, 4) is 11.3 Å². The molecule has 0 aliphatic rings. The average Bonchev–Trinajstić information content (AvgIpc) is 3.22. The predicted molar refractivity (Wildman–Crippen MR) is 119 cm³/mol. The average molecular weight is 448 g/mol. The molecule has 0 saturated heterocycles. The van der Waals surface area contributed by atoms with E-state index >= 15 is 0 Å². The number of H-pyrrole nitrogens is 1. The first-order valence-corrected chi connectivity index (χ1v) is 10.1. The topological polar surface area (TPSA) is 92.2 Å². The number of carbonyl (C=O) groups is 1. The third-order valence-electron chi connectivity index (χ3n) is 5.11. The Hall–Kier alpha value is -4.04. The number of hydrogen-bond acceptors (Lipinski definition) is 4. The molecule has 0 saturated carbocycles. The zero-order valence-electron chi connectivity index (χ0n) is 16.5. The Bertz CT molecular complexity index is 1530. The van der Waals surface area contributed by atoms with E-state index in [1.54, 1.807) is 59.1 Å². The van der Waals surface area contributed by atoms with E-state index in [0.29, 0.717) is 32.8 Å². The van der Waals surface area contributed by atoms with Gasteiger partial charge in [0, 0.05) is 22.7 Å². The number of nitrogens with one attached hydrogen (secondary N) is 2. The fourth-order valence-electron chi connectivity index (χ4n) is 3.46. The molecule has 1 amide bonds. The highest BCUT2D eigenvalue weighted by Crippen LogP contribution is 2.24. The number of aromatic amines is 1. The second-order valence-corrected chi connectivity index (χ2v) is 7.62. The van der Waals surface area contributed by atoms with E-state index in [-0.39, 0.29) is 18.3 Å². The Labute approximate surface area is 185 Å². The lowest BCUT2D eigenvalue weighted by Gasteiger charge is -2.07. The Morgan fingerprint density at radius 1 is 1.06 bits per heavy atom. The van der Waals surface area contributed by atoms with Gasteiger partial charge in [0.2, 0.25) is 0 Å². The van der Waals surface area contributed by atoms with Crippen LogP contribution in [0.25, 0.3) is 27.8 Å². The molecule has 32 heavy (non-hydrogen) atoms. The first kappa shape index (κ1) is 19.9. The molecule has 9 heteroatoms. The summed E-state index contributed by atoms with van der Waals surface area (Å²) in [7, 11) is 0. The van der Waals surface area contributed by atoms with Gasteiger partial charge in [0.1, 0.15) is 11.5 Å². The van der Waals surface area contributed by atoms with Gasteiger partial charge in [-0.05, 0) is 48.0 Å². The first-order valence-electron chi connectivity index (χ1n) is 9.69. The van der Waals surface area contributed by atoms with Crippen LogP contribution in [0, 0.1) is 5.82 Å². The van der Waals surface area contributed by atoms with Crippen LogP contribution in [-0.4, -0.2) is 25.7 Å². The standard InChI is InChI=1S/C23H15ClFN5O2/c24-16-6-3-14(4-7-16)20-21-27-23(32)18-10-5-15(11-19(18)30(21)29-28-20)22(31)26-12-13-1-8-17(25)9-2-13/h1-11,29H,12H2,(H,26,31). The lowest BCUT2D eigenvalue weighted by molar-refractivity contribution is 0.0951. The molecule has 2 heterocycles. The maximum atomic E-state index is 13.1. The number of amides is 1. The second-order valence-electron chi connectivity index (χ2n) is 7.18. The lowest BCUT2D eigenvalue weighted by Crippen LogP contribution is -2.23. The van der Waals surface area contributed by atoms with Crippen LogP contribution in [0.5, 0.6) is 0 Å². The number of aromatic nitrogens is 4. The molecule has 0 bridgehead atoms. The van der Waals surface area contributed by atoms with Crippen LogP contribution in [0.15, 0.2) is 71.5 Å². The highest BCUT2D eigenvalue weighted by atomic mass is 35.5. The van der Waals surface area contributed by atoms with E-state index in [2.05, 4.69) is 20.6 Å². The highest BCUT2D eigenvalue weighted by Gasteiger charge is 2.16. The Balaban J connectivity index is 1.52. The molecule has 0 aliphatic heterocycles. The summed E-state index contributed by atoms with van der Waals surface area (Å²) in [5.41, 5.74) is 2.76. The van der Waals surface area contributed by atoms with E-state index in [1.165, 1.54) is 12.1 Å². The van der Waals surface area contributed by atoms with Gasteiger partial charge in [-0.1, -0.05) is 35.9 Å². The van der Waals surface area contributed by atoms with Crippen LogP contribution in [0.2, 0.25) is 5.02 Å². The maximum Gasteiger partial charge on any atom is 0.281 e. The molecule has 0 radical (unpaired) electrons. The minimum absolute atomic E-state index is 0.244. The molecule has 0 spiro atoms. The first-order chi connectivity index (χ1) is 15.5. The summed E-state index contributed by atoms with van der Waals surface area (Å²) in [6, 6.07) is 17.6. The van der Waals surface area contributed by atoms with Gasteiger partial charge in [-0.25, -0.2) is 14.1 Å². The number of halogens is 2. The fourth-order valence-corrected chi connectivity index (χ4v) is 3.58. The van der Waals surface area contributed by atoms with E-state index in [9.17, 15) is 14.0 Å². The molecule has 0 aliphatic carbocycles. The van der Waals surface area contributed by atoms with E-state index < -0.39 is 5.56 Å². The van der Waals surface area contributed by atoms with Gasteiger partial charge >= 0.3 is 0 Å². The van der Waals surface area contributed by atoms with Gasteiger partial charge in [0.25, 0.3) is 11.5 Å². The smallest absolute Gasteiger partial charge is 0.281 e. The molecule has 0 fully saturated rings. The zero-order chi connectivity index (χ0) is 22.2. The van der Waals surface area contributed by atoms with Gasteiger partial charge in [-0.3, -0.25) is 9.59 Å². The van der Waals surface area contributed by atoms with Crippen LogP contribution in [0.3, 0.4) is 0 Å². The van der Waals surface area contributed by atoms with Crippen LogP contribution < -0.4 is 10.9 Å². The van der Waals surface area contributed by atoms with Crippen LogP contribution in [0.4, 0.5) is 4.39 Å². The molecule has 0 unspecified atom stereocenters. The van der Waals surface area contributed by atoms with Crippen molar-refractivity contribution in [1.82, 2.24) is 25.1 Å². The number of benzene rings is 3. The van der Waals surface area contributed by atoms with Gasteiger partial charge < -0.3 is 5.32 Å². The van der Waals surface area contributed by atoms with Crippen LogP contribution in [-0.2, 0) is 6.54 Å². The SMILES string of the molecule is O=C(NCc1ccc(F)cc1)c1ccc2c(=O)nc3c(-c4ccc(Cl)cc4)n[nH]n3c2c1. The van der Waals surface area contributed by atoms with Crippen molar-refractivity contribution in [3.05, 3.63) is 99.1 Å². The maximum absolute atomic E-state index is 13.1. The Kier molecular flexibility index (Phi) is 4.91. The predicted octanol–water partition coefficient (Wildman–Crippen LogP) is 3.96. The van der Waals surface area contributed by atoms with Crippen molar-refractivity contribution >= 4 is 34.1 Å². The second kappa shape index (κ2) is 7.90. The van der Waals surface area contributed by atoms with Crippen molar-refractivity contribution in [3.63, 3.8) is 0 Å². The fraction of sp³-hybridized carbons (Fsp3) is 0.0435. The normalized spacial score (nSPS) is 11.2. The van der Waals surface area contributed by atoms with Crippen molar-refractivity contribution in [1.29, 1.82) is 0 Å². The minimum Gasteiger partial charge on any atom is -0.348 e. The Morgan fingerprint density at radius 2 is 1.81 bits per heavy atom. The summed E-state index contributed by atoms with van der Waals surface area (Å²) in [4.78, 5) is 29.5. The minimum atomic E-state index is -0.421. The summed E-state index contributed by atoms with van der Waals surface area (Å²) < 4.78 is 14.6. The molecule has 0 atom stereocenters. The Morgan fingerprint density at radius 3 is 2.56 bits per heavy atom. The molecule has 2 aromatic heterocycles. The molecule has 3 aromatic carbocycles. The number of hydrogen-bond donors (Lipinski definition) is 2. The van der Waals surface area contributed by atoms with Crippen LogP contribution in [0.1, 0.15) is 15.9 Å². The summed E-state index contributed by atoms with van der Waals surface area (Å²) in [6.45, 7) is 0.244. The molecular formula is C23H15ClFN5O2. The summed E-state index contributed by atoms with van der Waals surface area (Å²) >= 11 is 5.96. The van der Waals surface area contributed by atoms with Gasteiger partial charge in [0.15, 0.2) is 5.65 Å². The van der Waals surface area contributed by atoms with Crippen molar-refractivity contribution < 1.29 is 9.18 Å². The molecule has 5 aromatic rings. The quantitative estimate of drug-likeness (QED) is 0.436. The molecular weight excluding hydrogens is 433 g/mol. The third-order valence-corrected chi connectivity index (χ3v) is 5.36. The molecule has 158 valence electrons. The van der Waals surface area contributed by atoms with Crippen molar-refractivity contribution in [2.24, 2.45) is 0 Å². The van der Waals surface area contributed by atoms with E-state index in [1.807, 2.05) is 0 Å². The molecule has 5 rings (SSSR count). The lowest BCUT2D eigenvalue weighted by atomic mass is 10.1. The van der Waals surface area contributed by atoms with Crippen LogP contribution >= 0.6 is 11.6 Å². The number of nitrogens with zero attached hydrogens (tertiary/aromatic N) is 3. The number of carbonyl (C=O) groups excluding carboxylic acids is 1. The summed E-state index contributed by atoms with van der Waals surface area (Å²) in [5.74, 6) is -0.665. The molecule has 2 N–H and O–H groups in total. The van der Waals surface area contributed by atoms with E-state index in [0.717, 1.165) is 11.1 Å². The number of fused-ring (bicyclic) bond motifs is 3. The van der Waals surface area contributed by atoms with Crippen molar-refractivity contribution in [2.75, 3.05) is 0 Å². The van der Waals surface area contributed by atoms with E-state index in [4.69, 9.17) is 11.6 Å². The van der Waals surface area contributed by atoms with Crippen molar-refractivity contribution in [2.45, 2.75) is 6.54 Å². The van der Waals surface area contributed by atoms with Gasteiger partial charge in [-0.15, -0.1) is 0 Å². The summed E-state index contributed by atoms with van der Waals surface area (Å²) in [5, 5.41) is 10.9. The largest absolute Gasteiger partial charge is 0.348 e. The number of rotatable bonds is 4.